The molecule has 0 spiro atoms. The molecule has 20 heavy (non-hydrogen) atoms. The average Bonchev–Trinajstić information content (AvgIpc) is 2.83. The predicted molar refractivity (Wildman–Crippen MR) is 84.6 cm³/mol. The molecule has 0 aliphatic rings. The summed E-state index contributed by atoms with van der Waals surface area (Å²) in [6.07, 6.45) is 1.88. The van der Waals surface area contributed by atoms with E-state index < -0.39 is 0 Å². The molecule has 2 aromatic rings. The normalized spacial score (nSPS) is 12.7. The molecule has 0 aliphatic carbocycles. The van der Waals surface area contributed by atoms with E-state index in [1.165, 1.54) is 5.56 Å². The number of halogens is 1. The second kappa shape index (κ2) is 7.07. The zero-order valence-electron chi connectivity index (χ0n) is 11.9. The zero-order valence-corrected chi connectivity index (χ0v) is 13.5. The largest absolute Gasteiger partial charge is 0.475 e. The summed E-state index contributed by atoms with van der Waals surface area (Å²) in [5.74, 6) is 0.700. The number of nitrogens with zero attached hydrogens (tertiary/aromatic N) is 1. The van der Waals surface area contributed by atoms with Crippen LogP contribution in [0.2, 0.25) is 4.34 Å². The summed E-state index contributed by atoms with van der Waals surface area (Å²) in [4.78, 5) is 4.29. The highest BCUT2D eigenvalue weighted by Crippen LogP contribution is 2.25. The lowest BCUT2D eigenvalue weighted by Gasteiger charge is -2.16. The summed E-state index contributed by atoms with van der Waals surface area (Å²) in [5.41, 5.74) is 2.27. The molecule has 0 radical (unpaired) electrons. The van der Waals surface area contributed by atoms with Crippen LogP contribution in [0.1, 0.15) is 37.9 Å². The first kappa shape index (κ1) is 15.3. The first-order valence-corrected chi connectivity index (χ1v) is 7.90. The van der Waals surface area contributed by atoms with E-state index in [-0.39, 0.29) is 12.1 Å². The quantitative estimate of drug-likeness (QED) is 0.856. The third-order valence-corrected chi connectivity index (χ3v) is 3.99. The molecule has 2 rings (SSSR count). The van der Waals surface area contributed by atoms with Crippen LogP contribution in [0.4, 0.5) is 0 Å². The van der Waals surface area contributed by atoms with Crippen molar-refractivity contribution in [2.75, 3.05) is 0 Å². The maximum atomic E-state index is 5.96. The Morgan fingerprint density at radius 3 is 2.85 bits per heavy atom. The molecular weight excluding hydrogens is 292 g/mol. The summed E-state index contributed by atoms with van der Waals surface area (Å²) in [6.45, 7) is 6.84. The molecule has 1 N–H and O–H groups in total. The predicted octanol–water partition coefficient (Wildman–Crippen LogP) is 4.43. The summed E-state index contributed by atoms with van der Waals surface area (Å²) in [7, 11) is 0. The molecule has 108 valence electrons. The molecule has 2 aromatic heterocycles. The van der Waals surface area contributed by atoms with Crippen molar-refractivity contribution >= 4 is 22.9 Å². The third-order valence-electron chi connectivity index (χ3n) is 2.88. The van der Waals surface area contributed by atoms with Gasteiger partial charge in [0.05, 0.1) is 10.4 Å². The Hall–Kier alpha value is -1.10. The molecule has 1 atom stereocenters. The van der Waals surface area contributed by atoms with E-state index in [2.05, 4.69) is 22.6 Å². The van der Waals surface area contributed by atoms with Crippen molar-refractivity contribution in [3.8, 4) is 5.88 Å². The molecular formula is C15H19ClN2OS. The van der Waals surface area contributed by atoms with E-state index in [0.29, 0.717) is 12.4 Å². The van der Waals surface area contributed by atoms with Gasteiger partial charge in [0, 0.05) is 24.3 Å². The van der Waals surface area contributed by atoms with E-state index in [1.54, 1.807) is 17.5 Å². The first-order chi connectivity index (χ1) is 9.56. The summed E-state index contributed by atoms with van der Waals surface area (Å²) in [5, 5.41) is 5.55. The molecule has 5 heteroatoms. The average molecular weight is 311 g/mol. The standard InChI is InChI=1S/C15H19ClN2OS/c1-10(2)19-15-12(5-4-6-17-15)8-18-11(3)13-7-14(16)20-9-13/h4-7,9-11,18H,8H2,1-3H3. The monoisotopic (exact) mass is 310 g/mol. The van der Waals surface area contributed by atoms with Crippen molar-refractivity contribution in [1.82, 2.24) is 10.3 Å². The van der Waals surface area contributed by atoms with E-state index in [4.69, 9.17) is 16.3 Å². The molecule has 1 unspecified atom stereocenters. The molecule has 3 nitrogen and oxygen atoms in total. The molecule has 2 heterocycles. The fraction of sp³-hybridized carbons (Fsp3) is 0.400. The minimum Gasteiger partial charge on any atom is -0.475 e. The topological polar surface area (TPSA) is 34.1 Å². The highest BCUT2D eigenvalue weighted by Gasteiger charge is 2.10. The Morgan fingerprint density at radius 2 is 2.20 bits per heavy atom. The number of rotatable bonds is 6. The van der Waals surface area contributed by atoms with Gasteiger partial charge in [-0.3, -0.25) is 0 Å². The van der Waals surface area contributed by atoms with Crippen LogP contribution in [-0.4, -0.2) is 11.1 Å². The SMILES string of the molecule is CC(C)Oc1ncccc1CNC(C)c1csc(Cl)c1. The van der Waals surface area contributed by atoms with Crippen LogP contribution in [0.3, 0.4) is 0 Å². The van der Waals surface area contributed by atoms with Crippen LogP contribution in [0.5, 0.6) is 5.88 Å². The maximum absolute atomic E-state index is 5.96. The minimum absolute atomic E-state index is 0.122. The number of ether oxygens (including phenoxy) is 1. The van der Waals surface area contributed by atoms with Crippen LogP contribution in [-0.2, 0) is 6.54 Å². The lowest BCUT2D eigenvalue weighted by molar-refractivity contribution is 0.229. The van der Waals surface area contributed by atoms with Crippen molar-refractivity contribution in [2.24, 2.45) is 0 Å². The second-order valence-corrected chi connectivity index (χ2v) is 6.46. The summed E-state index contributed by atoms with van der Waals surface area (Å²) >= 11 is 7.52. The highest BCUT2D eigenvalue weighted by atomic mass is 35.5. The molecule has 0 aliphatic heterocycles. The lowest BCUT2D eigenvalue weighted by Crippen LogP contribution is -2.19. The van der Waals surface area contributed by atoms with Gasteiger partial charge in [-0.15, -0.1) is 11.3 Å². The smallest absolute Gasteiger partial charge is 0.218 e. The number of aromatic nitrogens is 1. The Morgan fingerprint density at radius 1 is 1.40 bits per heavy atom. The van der Waals surface area contributed by atoms with Gasteiger partial charge in [-0.05, 0) is 43.8 Å². The number of hydrogen-bond donors (Lipinski definition) is 1. The fourth-order valence-electron chi connectivity index (χ4n) is 1.82. The van der Waals surface area contributed by atoms with Gasteiger partial charge >= 0.3 is 0 Å². The molecule has 0 saturated carbocycles. The third kappa shape index (κ3) is 4.20. The second-order valence-electron chi connectivity index (χ2n) is 4.92. The van der Waals surface area contributed by atoms with Gasteiger partial charge < -0.3 is 10.1 Å². The van der Waals surface area contributed by atoms with Gasteiger partial charge in [0.1, 0.15) is 0 Å². The fourth-order valence-corrected chi connectivity index (χ4v) is 2.80. The molecule has 0 amide bonds. The molecule has 0 aromatic carbocycles. The number of thiophene rings is 1. The minimum atomic E-state index is 0.122. The van der Waals surface area contributed by atoms with Gasteiger partial charge in [-0.25, -0.2) is 4.98 Å². The summed E-state index contributed by atoms with van der Waals surface area (Å²) < 4.78 is 6.54. The summed E-state index contributed by atoms with van der Waals surface area (Å²) in [6, 6.07) is 6.20. The number of pyridine rings is 1. The number of nitrogens with one attached hydrogen (secondary N) is 1. The van der Waals surface area contributed by atoms with Crippen molar-refractivity contribution in [2.45, 2.75) is 39.5 Å². The Bertz CT molecular complexity index is 556. The van der Waals surface area contributed by atoms with Crippen molar-refractivity contribution in [1.29, 1.82) is 0 Å². The van der Waals surface area contributed by atoms with E-state index in [1.807, 2.05) is 32.0 Å². The van der Waals surface area contributed by atoms with Crippen LogP contribution >= 0.6 is 22.9 Å². The molecule has 0 fully saturated rings. The van der Waals surface area contributed by atoms with Gasteiger partial charge in [-0.2, -0.15) is 0 Å². The first-order valence-electron chi connectivity index (χ1n) is 6.64. The Labute approximate surface area is 129 Å². The van der Waals surface area contributed by atoms with Gasteiger partial charge in [-0.1, -0.05) is 17.7 Å². The zero-order chi connectivity index (χ0) is 14.5. The van der Waals surface area contributed by atoms with Crippen molar-refractivity contribution < 1.29 is 4.74 Å². The van der Waals surface area contributed by atoms with Crippen LogP contribution in [0, 0.1) is 0 Å². The Kier molecular flexibility index (Phi) is 5.40. The van der Waals surface area contributed by atoms with Gasteiger partial charge in [0.15, 0.2) is 0 Å². The van der Waals surface area contributed by atoms with Crippen molar-refractivity contribution in [3.63, 3.8) is 0 Å². The van der Waals surface area contributed by atoms with Gasteiger partial charge in [0.2, 0.25) is 5.88 Å². The lowest BCUT2D eigenvalue weighted by atomic mass is 10.1. The van der Waals surface area contributed by atoms with E-state index >= 15 is 0 Å². The van der Waals surface area contributed by atoms with Crippen LogP contribution in [0.15, 0.2) is 29.8 Å². The van der Waals surface area contributed by atoms with Crippen LogP contribution < -0.4 is 10.1 Å². The maximum Gasteiger partial charge on any atom is 0.218 e. The van der Waals surface area contributed by atoms with E-state index in [9.17, 15) is 0 Å². The number of hydrogen-bond acceptors (Lipinski definition) is 4. The van der Waals surface area contributed by atoms with Crippen molar-refractivity contribution in [3.05, 3.63) is 45.2 Å². The van der Waals surface area contributed by atoms with Crippen LogP contribution in [0.25, 0.3) is 0 Å². The van der Waals surface area contributed by atoms with Gasteiger partial charge in [0.25, 0.3) is 0 Å². The Balaban J connectivity index is 2.00. The molecule has 0 saturated heterocycles. The van der Waals surface area contributed by atoms with E-state index in [0.717, 1.165) is 9.90 Å². The highest BCUT2D eigenvalue weighted by molar-refractivity contribution is 7.14. The molecule has 0 bridgehead atoms.